The Hall–Kier alpha value is -1.69. The summed E-state index contributed by atoms with van der Waals surface area (Å²) in [5.41, 5.74) is 1.07. The van der Waals surface area contributed by atoms with Crippen molar-refractivity contribution in [1.82, 2.24) is 14.9 Å². The number of nitrogens with zero attached hydrogens (tertiary/aromatic N) is 4. The molecule has 2 fully saturated rings. The van der Waals surface area contributed by atoms with E-state index >= 15 is 0 Å². The van der Waals surface area contributed by atoms with Crippen LogP contribution in [0.2, 0.25) is 0 Å². The average Bonchev–Trinajstić information content (AvgIpc) is 3.03. The van der Waals surface area contributed by atoms with E-state index in [1.54, 1.807) is 11.3 Å². The van der Waals surface area contributed by atoms with Gasteiger partial charge in [-0.3, -0.25) is 4.79 Å². The number of thiophene rings is 1. The van der Waals surface area contributed by atoms with E-state index < -0.39 is 0 Å². The van der Waals surface area contributed by atoms with Crippen LogP contribution in [-0.2, 0) is 0 Å². The van der Waals surface area contributed by atoms with Gasteiger partial charge in [-0.05, 0) is 64.4 Å². The predicted octanol–water partition coefficient (Wildman–Crippen LogP) is 4.70. The number of likely N-dealkylation sites (tertiary alicyclic amines) is 1. The first-order chi connectivity index (χ1) is 13.1. The highest BCUT2D eigenvalue weighted by atomic mass is 32.1. The van der Waals surface area contributed by atoms with Gasteiger partial charge in [-0.2, -0.15) is 0 Å². The summed E-state index contributed by atoms with van der Waals surface area (Å²) in [5.74, 6) is 2.03. The minimum atomic E-state index is 0.198. The second-order valence-electron chi connectivity index (χ2n) is 7.93. The van der Waals surface area contributed by atoms with E-state index in [4.69, 9.17) is 4.98 Å². The van der Waals surface area contributed by atoms with Crippen molar-refractivity contribution in [2.75, 3.05) is 24.5 Å². The summed E-state index contributed by atoms with van der Waals surface area (Å²) in [5, 5.41) is 1.10. The number of aryl methyl sites for hydroxylation is 2. The molecule has 2 aromatic rings. The molecule has 1 atom stereocenters. The van der Waals surface area contributed by atoms with Crippen LogP contribution in [0.1, 0.15) is 72.9 Å². The highest BCUT2D eigenvalue weighted by molar-refractivity contribution is 7.20. The number of aromatic nitrogens is 2. The van der Waals surface area contributed by atoms with Gasteiger partial charge in [-0.1, -0.05) is 6.92 Å². The van der Waals surface area contributed by atoms with Gasteiger partial charge in [0.25, 0.3) is 5.91 Å². The average molecular weight is 387 g/mol. The van der Waals surface area contributed by atoms with Crippen molar-refractivity contribution in [3.8, 4) is 0 Å². The number of fused-ring (bicyclic) bond motifs is 1. The maximum absolute atomic E-state index is 13.4. The molecule has 2 aliphatic rings. The monoisotopic (exact) mass is 386 g/mol. The molecule has 0 aromatic carbocycles. The Labute approximate surface area is 165 Å². The van der Waals surface area contributed by atoms with Gasteiger partial charge in [0, 0.05) is 25.7 Å². The Kier molecular flexibility index (Phi) is 5.35. The van der Waals surface area contributed by atoms with Crippen LogP contribution in [0, 0.1) is 13.8 Å². The van der Waals surface area contributed by atoms with Crippen LogP contribution in [0.25, 0.3) is 10.2 Å². The zero-order valence-corrected chi connectivity index (χ0v) is 17.6. The molecule has 0 bridgehead atoms. The van der Waals surface area contributed by atoms with Gasteiger partial charge >= 0.3 is 0 Å². The lowest BCUT2D eigenvalue weighted by atomic mass is 9.99. The molecule has 2 aliphatic heterocycles. The normalized spacial score (nSPS) is 21.1. The number of anilines is 1. The summed E-state index contributed by atoms with van der Waals surface area (Å²) in [7, 11) is 0. The quantitative estimate of drug-likeness (QED) is 0.767. The van der Waals surface area contributed by atoms with Gasteiger partial charge in [-0.25, -0.2) is 9.97 Å². The number of piperidine rings is 2. The van der Waals surface area contributed by atoms with Crippen LogP contribution in [0.15, 0.2) is 0 Å². The molecule has 4 rings (SSSR count). The lowest BCUT2D eigenvalue weighted by Gasteiger charge is -2.35. The first-order valence-electron chi connectivity index (χ1n) is 10.4. The van der Waals surface area contributed by atoms with Crippen molar-refractivity contribution < 1.29 is 4.79 Å². The molecule has 0 N–H and O–H groups in total. The highest BCUT2D eigenvalue weighted by Gasteiger charge is 2.30. The van der Waals surface area contributed by atoms with Gasteiger partial charge in [0.05, 0.1) is 10.3 Å². The van der Waals surface area contributed by atoms with Crippen molar-refractivity contribution in [2.24, 2.45) is 0 Å². The van der Waals surface area contributed by atoms with Gasteiger partial charge in [-0.15, -0.1) is 11.3 Å². The highest BCUT2D eigenvalue weighted by Crippen LogP contribution is 2.37. The standard InChI is InChI=1S/C21H30N4OS/c1-4-16-10-6-9-13-25(16)21(26)18-14(2)17-19(24-11-7-5-8-12-24)22-15(3)23-20(17)27-18/h16H,4-13H2,1-3H3. The van der Waals surface area contributed by atoms with Gasteiger partial charge in [0.2, 0.25) is 0 Å². The summed E-state index contributed by atoms with van der Waals surface area (Å²) in [4.78, 5) is 29.2. The molecule has 2 saturated heterocycles. The van der Waals surface area contributed by atoms with Gasteiger partial charge in [0.15, 0.2) is 0 Å². The zero-order valence-electron chi connectivity index (χ0n) is 16.8. The van der Waals surface area contributed by atoms with Gasteiger partial charge < -0.3 is 9.80 Å². The molecule has 5 nitrogen and oxygen atoms in total. The van der Waals surface area contributed by atoms with Crippen molar-refractivity contribution in [1.29, 1.82) is 0 Å². The Morgan fingerprint density at radius 3 is 2.56 bits per heavy atom. The molecule has 0 saturated carbocycles. The fraction of sp³-hybridized carbons (Fsp3) is 0.667. The van der Waals surface area contributed by atoms with Crippen LogP contribution in [0.5, 0.6) is 0 Å². The largest absolute Gasteiger partial charge is 0.356 e. The molecule has 1 amide bonds. The molecule has 0 radical (unpaired) electrons. The summed E-state index contributed by atoms with van der Waals surface area (Å²) >= 11 is 1.56. The molecule has 2 aromatic heterocycles. The number of carbonyl (C=O) groups excluding carboxylic acids is 1. The van der Waals surface area contributed by atoms with E-state index in [1.165, 1.54) is 25.7 Å². The lowest BCUT2D eigenvalue weighted by molar-refractivity contribution is 0.0612. The first kappa shape index (κ1) is 18.7. The van der Waals surface area contributed by atoms with E-state index in [2.05, 4.69) is 28.6 Å². The Balaban J connectivity index is 1.76. The predicted molar refractivity (Wildman–Crippen MR) is 112 cm³/mol. The van der Waals surface area contributed by atoms with E-state index in [1.807, 2.05) is 6.92 Å². The Morgan fingerprint density at radius 2 is 1.81 bits per heavy atom. The molecule has 146 valence electrons. The summed E-state index contributed by atoms with van der Waals surface area (Å²) in [6.07, 6.45) is 8.24. The van der Waals surface area contributed by atoms with Crippen LogP contribution in [-0.4, -0.2) is 46.5 Å². The van der Waals surface area contributed by atoms with E-state index in [9.17, 15) is 4.79 Å². The molecule has 0 aliphatic carbocycles. The summed E-state index contributed by atoms with van der Waals surface area (Å²) in [6.45, 7) is 9.22. The topological polar surface area (TPSA) is 49.3 Å². The first-order valence-corrected chi connectivity index (χ1v) is 11.3. The lowest BCUT2D eigenvalue weighted by Crippen LogP contribution is -2.43. The molecular weight excluding hydrogens is 356 g/mol. The third kappa shape index (κ3) is 3.44. The van der Waals surface area contributed by atoms with Crippen molar-refractivity contribution in [3.05, 3.63) is 16.3 Å². The SMILES string of the molecule is CCC1CCCCN1C(=O)c1sc2nc(C)nc(N3CCCCC3)c2c1C. The van der Waals surface area contributed by atoms with E-state index in [-0.39, 0.29) is 5.91 Å². The summed E-state index contributed by atoms with van der Waals surface area (Å²) in [6, 6.07) is 0.380. The third-order valence-electron chi connectivity index (χ3n) is 6.09. The smallest absolute Gasteiger partial charge is 0.264 e. The van der Waals surface area contributed by atoms with Gasteiger partial charge in [0.1, 0.15) is 16.5 Å². The maximum atomic E-state index is 13.4. The Bertz CT molecular complexity index is 840. The fourth-order valence-electron chi connectivity index (χ4n) is 4.58. The third-order valence-corrected chi connectivity index (χ3v) is 7.27. The van der Waals surface area contributed by atoms with E-state index in [0.29, 0.717) is 6.04 Å². The second-order valence-corrected chi connectivity index (χ2v) is 8.93. The van der Waals surface area contributed by atoms with Crippen molar-refractivity contribution in [2.45, 2.75) is 71.8 Å². The molecule has 1 unspecified atom stereocenters. The number of hydrogen-bond acceptors (Lipinski definition) is 5. The molecule has 6 heteroatoms. The zero-order chi connectivity index (χ0) is 19.0. The van der Waals surface area contributed by atoms with Crippen LogP contribution in [0.4, 0.5) is 5.82 Å². The van der Waals surface area contributed by atoms with Crippen LogP contribution >= 0.6 is 11.3 Å². The van der Waals surface area contributed by atoms with E-state index in [0.717, 1.165) is 71.2 Å². The summed E-state index contributed by atoms with van der Waals surface area (Å²) < 4.78 is 0. The number of amides is 1. The number of rotatable bonds is 3. The Morgan fingerprint density at radius 1 is 1.07 bits per heavy atom. The maximum Gasteiger partial charge on any atom is 0.264 e. The molecule has 27 heavy (non-hydrogen) atoms. The molecule has 0 spiro atoms. The molecule has 4 heterocycles. The molecular formula is C21H30N4OS. The number of carbonyl (C=O) groups is 1. The second kappa shape index (κ2) is 7.74. The minimum Gasteiger partial charge on any atom is -0.356 e. The van der Waals surface area contributed by atoms with Crippen molar-refractivity contribution >= 4 is 33.3 Å². The fourth-order valence-corrected chi connectivity index (χ4v) is 5.76. The van der Waals surface area contributed by atoms with Crippen LogP contribution < -0.4 is 4.90 Å². The number of hydrogen-bond donors (Lipinski definition) is 0. The minimum absolute atomic E-state index is 0.198. The van der Waals surface area contributed by atoms with Crippen molar-refractivity contribution in [3.63, 3.8) is 0 Å². The van der Waals surface area contributed by atoms with Crippen LogP contribution in [0.3, 0.4) is 0 Å².